The molecule has 6 heteroatoms. The van der Waals surface area contributed by atoms with Crippen LogP contribution in [0.3, 0.4) is 0 Å². The summed E-state index contributed by atoms with van der Waals surface area (Å²) in [5.74, 6) is 0.315. The number of sulfonamides is 1. The Morgan fingerprint density at radius 3 is 2.28 bits per heavy atom. The van der Waals surface area contributed by atoms with Crippen molar-refractivity contribution >= 4 is 26.0 Å². The lowest BCUT2D eigenvalue weighted by molar-refractivity contribution is 0.240. The molecule has 0 heterocycles. The van der Waals surface area contributed by atoms with E-state index in [0.717, 1.165) is 4.47 Å². The standard InChI is InChI=1S/C12H18BrNO3S/c1-9(2)7-11(8-15)14-18(16,17)12-5-3-10(13)4-6-12/h3-6,9,11,14-15H,7-8H2,1-2H3/t11-/m1/s1. The fraction of sp³-hybridized carbons (Fsp3) is 0.500. The molecule has 1 rings (SSSR count). The van der Waals surface area contributed by atoms with Crippen LogP contribution < -0.4 is 4.72 Å². The first-order chi connectivity index (χ1) is 8.35. The largest absolute Gasteiger partial charge is 0.395 e. The first-order valence-electron chi connectivity index (χ1n) is 5.74. The van der Waals surface area contributed by atoms with Crippen molar-refractivity contribution in [2.24, 2.45) is 5.92 Å². The number of benzene rings is 1. The van der Waals surface area contributed by atoms with Crippen molar-refractivity contribution < 1.29 is 13.5 Å². The average Bonchev–Trinajstić information content (AvgIpc) is 2.27. The third kappa shape index (κ3) is 4.68. The minimum atomic E-state index is -3.56. The molecule has 0 aliphatic carbocycles. The van der Waals surface area contributed by atoms with Crippen LogP contribution in [0.5, 0.6) is 0 Å². The summed E-state index contributed by atoms with van der Waals surface area (Å²) >= 11 is 3.25. The summed E-state index contributed by atoms with van der Waals surface area (Å²) in [4.78, 5) is 0.202. The Labute approximate surface area is 117 Å². The number of hydrogen-bond donors (Lipinski definition) is 2. The second-order valence-corrected chi connectivity index (χ2v) is 7.21. The molecule has 0 bridgehead atoms. The van der Waals surface area contributed by atoms with E-state index in [-0.39, 0.29) is 11.5 Å². The summed E-state index contributed by atoms with van der Waals surface area (Å²) < 4.78 is 27.5. The minimum Gasteiger partial charge on any atom is -0.395 e. The van der Waals surface area contributed by atoms with Crippen molar-refractivity contribution in [1.82, 2.24) is 4.72 Å². The monoisotopic (exact) mass is 335 g/mol. The molecule has 0 aliphatic rings. The smallest absolute Gasteiger partial charge is 0.240 e. The highest BCUT2D eigenvalue weighted by Crippen LogP contribution is 2.15. The summed E-state index contributed by atoms with van der Waals surface area (Å²) in [6.45, 7) is 3.76. The zero-order chi connectivity index (χ0) is 13.8. The molecule has 0 unspecified atom stereocenters. The third-order valence-corrected chi connectivity index (χ3v) is 4.49. The summed E-state index contributed by atoms with van der Waals surface area (Å²) in [5, 5.41) is 9.19. The van der Waals surface area contributed by atoms with Crippen LogP contribution in [0.15, 0.2) is 33.6 Å². The molecule has 0 radical (unpaired) electrons. The van der Waals surface area contributed by atoms with Crippen molar-refractivity contribution in [3.63, 3.8) is 0 Å². The van der Waals surface area contributed by atoms with E-state index >= 15 is 0 Å². The van der Waals surface area contributed by atoms with Gasteiger partial charge in [-0.05, 0) is 36.6 Å². The lowest BCUT2D eigenvalue weighted by atomic mass is 10.1. The molecular weight excluding hydrogens is 318 g/mol. The maximum absolute atomic E-state index is 12.1. The topological polar surface area (TPSA) is 66.4 Å². The van der Waals surface area contributed by atoms with Crippen LogP contribution in [0, 0.1) is 5.92 Å². The van der Waals surface area contributed by atoms with Gasteiger partial charge in [0.25, 0.3) is 0 Å². The van der Waals surface area contributed by atoms with Crippen LogP contribution in [0.2, 0.25) is 0 Å². The van der Waals surface area contributed by atoms with Gasteiger partial charge in [-0.25, -0.2) is 13.1 Å². The van der Waals surface area contributed by atoms with E-state index in [2.05, 4.69) is 20.7 Å². The van der Waals surface area contributed by atoms with Crippen LogP contribution in [0.1, 0.15) is 20.3 Å². The molecule has 1 atom stereocenters. The lowest BCUT2D eigenvalue weighted by Crippen LogP contribution is -2.38. The van der Waals surface area contributed by atoms with Gasteiger partial charge < -0.3 is 5.11 Å². The molecule has 2 N–H and O–H groups in total. The normalized spacial score (nSPS) is 13.8. The fourth-order valence-electron chi connectivity index (χ4n) is 1.63. The zero-order valence-electron chi connectivity index (χ0n) is 10.4. The van der Waals surface area contributed by atoms with E-state index in [0.29, 0.717) is 12.3 Å². The first kappa shape index (κ1) is 15.6. The summed E-state index contributed by atoms with van der Waals surface area (Å²) in [7, 11) is -3.56. The molecule has 0 spiro atoms. The van der Waals surface area contributed by atoms with Gasteiger partial charge in [0.2, 0.25) is 10.0 Å². The van der Waals surface area contributed by atoms with E-state index in [1.54, 1.807) is 12.1 Å². The first-order valence-corrected chi connectivity index (χ1v) is 8.01. The van der Waals surface area contributed by atoms with Crippen LogP contribution in [-0.4, -0.2) is 26.2 Å². The second-order valence-electron chi connectivity index (χ2n) is 4.58. The average molecular weight is 336 g/mol. The highest BCUT2D eigenvalue weighted by atomic mass is 79.9. The van der Waals surface area contributed by atoms with E-state index in [1.165, 1.54) is 12.1 Å². The molecule has 4 nitrogen and oxygen atoms in total. The summed E-state index contributed by atoms with van der Waals surface area (Å²) in [5.41, 5.74) is 0. The van der Waals surface area contributed by atoms with Gasteiger partial charge in [0.1, 0.15) is 0 Å². The van der Waals surface area contributed by atoms with Crippen LogP contribution in [-0.2, 0) is 10.0 Å². The van der Waals surface area contributed by atoms with Gasteiger partial charge in [0.05, 0.1) is 11.5 Å². The number of hydrogen-bond acceptors (Lipinski definition) is 3. The van der Waals surface area contributed by atoms with Gasteiger partial charge in [0.15, 0.2) is 0 Å². The van der Waals surface area contributed by atoms with Crippen molar-refractivity contribution in [3.05, 3.63) is 28.7 Å². The molecule has 0 saturated carbocycles. The molecule has 0 aliphatic heterocycles. The van der Waals surface area contributed by atoms with Gasteiger partial charge in [-0.15, -0.1) is 0 Å². The highest BCUT2D eigenvalue weighted by Gasteiger charge is 2.20. The zero-order valence-corrected chi connectivity index (χ0v) is 12.8. The number of aliphatic hydroxyl groups excluding tert-OH is 1. The molecule has 0 amide bonds. The Bertz CT molecular complexity index is 471. The minimum absolute atomic E-state index is 0.200. The third-order valence-electron chi connectivity index (χ3n) is 2.42. The molecule has 1 aromatic carbocycles. The molecule has 1 aromatic rings. The maximum atomic E-state index is 12.1. The predicted molar refractivity (Wildman–Crippen MR) is 74.8 cm³/mol. The number of nitrogens with one attached hydrogen (secondary N) is 1. The summed E-state index contributed by atoms with van der Waals surface area (Å²) in [6, 6.07) is 5.95. The Balaban J connectivity index is 2.83. The molecule has 18 heavy (non-hydrogen) atoms. The molecule has 0 fully saturated rings. The number of rotatable bonds is 6. The maximum Gasteiger partial charge on any atom is 0.240 e. The molecule has 0 aromatic heterocycles. The van der Waals surface area contributed by atoms with E-state index < -0.39 is 16.1 Å². The highest BCUT2D eigenvalue weighted by molar-refractivity contribution is 9.10. The van der Waals surface area contributed by atoms with Gasteiger partial charge in [-0.2, -0.15) is 0 Å². The van der Waals surface area contributed by atoms with Crippen LogP contribution >= 0.6 is 15.9 Å². The van der Waals surface area contributed by atoms with Gasteiger partial charge in [-0.1, -0.05) is 29.8 Å². The molecule has 0 saturated heterocycles. The Morgan fingerprint density at radius 2 is 1.83 bits per heavy atom. The van der Waals surface area contributed by atoms with Crippen molar-refractivity contribution in [2.45, 2.75) is 31.2 Å². The SMILES string of the molecule is CC(C)C[C@H](CO)NS(=O)(=O)c1ccc(Br)cc1. The van der Waals surface area contributed by atoms with Crippen molar-refractivity contribution in [1.29, 1.82) is 0 Å². The predicted octanol–water partition coefficient (Wildman–Crippen LogP) is 2.13. The van der Waals surface area contributed by atoms with E-state index in [4.69, 9.17) is 0 Å². The van der Waals surface area contributed by atoms with Gasteiger partial charge >= 0.3 is 0 Å². The lowest BCUT2D eigenvalue weighted by Gasteiger charge is -2.18. The van der Waals surface area contributed by atoms with E-state index in [9.17, 15) is 13.5 Å². The quantitative estimate of drug-likeness (QED) is 0.836. The Kier molecular flexibility index (Phi) is 5.78. The molecule has 102 valence electrons. The Morgan fingerprint density at radius 1 is 1.28 bits per heavy atom. The van der Waals surface area contributed by atoms with Crippen LogP contribution in [0.25, 0.3) is 0 Å². The van der Waals surface area contributed by atoms with Gasteiger partial charge in [-0.3, -0.25) is 0 Å². The Hall–Kier alpha value is -0.430. The number of aliphatic hydroxyl groups is 1. The summed E-state index contributed by atoms with van der Waals surface area (Å²) in [6.07, 6.45) is 0.603. The molecular formula is C12H18BrNO3S. The van der Waals surface area contributed by atoms with Crippen molar-refractivity contribution in [3.8, 4) is 0 Å². The second kappa shape index (κ2) is 6.65. The van der Waals surface area contributed by atoms with E-state index in [1.807, 2.05) is 13.8 Å². The fourth-order valence-corrected chi connectivity index (χ4v) is 3.13. The van der Waals surface area contributed by atoms with Crippen LogP contribution in [0.4, 0.5) is 0 Å². The van der Waals surface area contributed by atoms with Crippen molar-refractivity contribution in [2.75, 3.05) is 6.61 Å². The van der Waals surface area contributed by atoms with Gasteiger partial charge in [0, 0.05) is 10.5 Å². The number of halogens is 1.